The van der Waals surface area contributed by atoms with Crippen molar-refractivity contribution in [2.75, 3.05) is 4.90 Å². The summed E-state index contributed by atoms with van der Waals surface area (Å²) in [5.41, 5.74) is 4.21. The molecule has 3 rings (SSSR count). The number of thiocarbonyl (C=S) groups is 1. The number of hydrogen-bond donors (Lipinski definition) is 0. The lowest BCUT2D eigenvalue weighted by molar-refractivity contribution is -0.385. The van der Waals surface area contributed by atoms with E-state index in [1.807, 2.05) is 39.0 Å². The molecule has 8 heteroatoms. The highest BCUT2D eigenvalue weighted by molar-refractivity contribution is 9.10. The summed E-state index contributed by atoms with van der Waals surface area (Å²) >= 11 is 9.96. The highest BCUT2D eigenvalue weighted by Crippen LogP contribution is 2.38. The fourth-order valence-electron chi connectivity index (χ4n) is 2.81. The third kappa shape index (κ3) is 3.83. The number of aryl methyl sites for hydroxylation is 2. The van der Waals surface area contributed by atoms with Gasteiger partial charge in [0.1, 0.15) is 0 Å². The maximum Gasteiger partial charge on any atom is 0.271 e. The maximum absolute atomic E-state index is 13.0. The molecule has 0 saturated carbocycles. The van der Waals surface area contributed by atoms with Gasteiger partial charge in [-0.1, -0.05) is 57.6 Å². The van der Waals surface area contributed by atoms with Crippen molar-refractivity contribution in [3.63, 3.8) is 0 Å². The van der Waals surface area contributed by atoms with Gasteiger partial charge in [-0.25, -0.2) is 0 Å². The average molecular weight is 463 g/mol. The van der Waals surface area contributed by atoms with Crippen LogP contribution in [0.4, 0.5) is 11.4 Å². The third-order valence-corrected chi connectivity index (χ3v) is 6.38. The number of thioether (sulfide) groups is 1. The number of carbonyl (C=O) groups is 1. The number of halogens is 1. The number of rotatable bonds is 3. The fraction of sp³-hybridized carbons (Fsp3) is 0.158. The largest absolute Gasteiger partial charge is 0.271 e. The van der Waals surface area contributed by atoms with Crippen LogP contribution in [0.5, 0.6) is 0 Å². The Kier molecular flexibility index (Phi) is 5.50. The van der Waals surface area contributed by atoms with E-state index in [1.165, 1.54) is 28.8 Å². The van der Waals surface area contributed by atoms with Gasteiger partial charge in [0.05, 0.1) is 15.5 Å². The summed E-state index contributed by atoms with van der Waals surface area (Å²) in [5, 5.41) is 11.1. The number of nitro groups is 1. The second-order valence-electron chi connectivity index (χ2n) is 6.21. The van der Waals surface area contributed by atoms with E-state index in [2.05, 4.69) is 15.9 Å². The van der Waals surface area contributed by atoms with Crippen molar-refractivity contribution in [1.29, 1.82) is 0 Å². The molecule has 1 aliphatic heterocycles. The lowest BCUT2D eigenvalue weighted by Crippen LogP contribution is -2.28. The van der Waals surface area contributed by atoms with Crippen molar-refractivity contribution in [2.24, 2.45) is 0 Å². The standard InChI is InChI=1S/C19H15BrN2O3S2/c1-10-4-5-16(11(2)6-10)21-18(23)17(27-19(21)26)8-13-7-14(22(24)25)9-15(20)12(13)3/h4-9H,1-3H3/b17-8-. The number of non-ortho nitro benzene ring substituents is 1. The molecule has 0 radical (unpaired) electrons. The molecule has 5 nitrogen and oxygen atoms in total. The van der Waals surface area contributed by atoms with E-state index >= 15 is 0 Å². The van der Waals surface area contributed by atoms with Gasteiger partial charge in [0.2, 0.25) is 0 Å². The number of hydrogen-bond acceptors (Lipinski definition) is 5. The summed E-state index contributed by atoms with van der Waals surface area (Å²) in [6.07, 6.45) is 1.66. The van der Waals surface area contributed by atoms with Gasteiger partial charge >= 0.3 is 0 Å². The van der Waals surface area contributed by atoms with E-state index in [0.717, 1.165) is 22.4 Å². The van der Waals surface area contributed by atoms with Gasteiger partial charge in [-0.15, -0.1) is 0 Å². The van der Waals surface area contributed by atoms with Crippen LogP contribution in [0.1, 0.15) is 22.3 Å². The molecule has 0 unspecified atom stereocenters. The minimum absolute atomic E-state index is 0.0383. The number of benzene rings is 2. The summed E-state index contributed by atoms with van der Waals surface area (Å²) in [4.78, 5) is 25.6. The van der Waals surface area contributed by atoms with E-state index in [-0.39, 0.29) is 11.6 Å². The lowest BCUT2D eigenvalue weighted by Gasteiger charge is -2.17. The predicted molar refractivity (Wildman–Crippen MR) is 117 cm³/mol. The minimum atomic E-state index is -0.456. The molecule has 1 saturated heterocycles. The third-order valence-electron chi connectivity index (χ3n) is 4.25. The van der Waals surface area contributed by atoms with Crippen LogP contribution in [0.3, 0.4) is 0 Å². The number of nitro benzene ring substituents is 1. The van der Waals surface area contributed by atoms with Gasteiger partial charge in [-0.05, 0) is 49.6 Å². The molecule has 0 aliphatic carbocycles. The van der Waals surface area contributed by atoms with E-state index in [9.17, 15) is 14.9 Å². The summed E-state index contributed by atoms with van der Waals surface area (Å²) < 4.78 is 1.06. The zero-order chi connectivity index (χ0) is 19.9. The first-order valence-corrected chi connectivity index (χ1v) is 10.0. The first kappa shape index (κ1) is 19.7. The molecule has 2 aromatic carbocycles. The van der Waals surface area contributed by atoms with Crippen LogP contribution in [0.15, 0.2) is 39.7 Å². The predicted octanol–water partition coefficient (Wildman–Crippen LogP) is 5.69. The van der Waals surface area contributed by atoms with Crippen LogP contribution in [-0.2, 0) is 4.79 Å². The van der Waals surface area contributed by atoms with Crippen LogP contribution in [0.25, 0.3) is 6.08 Å². The first-order valence-electron chi connectivity index (χ1n) is 7.99. The highest BCUT2D eigenvalue weighted by atomic mass is 79.9. The molecule has 0 aromatic heterocycles. The van der Waals surface area contributed by atoms with Gasteiger partial charge in [0.15, 0.2) is 4.32 Å². The second-order valence-corrected chi connectivity index (χ2v) is 8.74. The fourth-order valence-corrected chi connectivity index (χ4v) is 4.55. The molecular formula is C19H15BrN2O3S2. The molecule has 1 amide bonds. The van der Waals surface area contributed by atoms with E-state index in [0.29, 0.717) is 19.3 Å². The van der Waals surface area contributed by atoms with Gasteiger partial charge in [0, 0.05) is 16.6 Å². The Bertz CT molecular complexity index is 1030. The van der Waals surface area contributed by atoms with Crippen LogP contribution >= 0.6 is 39.9 Å². The Morgan fingerprint density at radius 2 is 1.93 bits per heavy atom. The van der Waals surface area contributed by atoms with Crippen LogP contribution in [0, 0.1) is 30.9 Å². The first-order chi connectivity index (χ1) is 12.7. The summed E-state index contributed by atoms with van der Waals surface area (Å²) in [6, 6.07) is 8.73. The van der Waals surface area contributed by atoms with Crippen molar-refractivity contribution in [3.8, 4) is 0 Å². The molecule has 1 heterocycles. The van der Waals surface area contributed by atoms with E-state index < -0.39 is 4.92 Å². The van der Waals surface area contributed by atoms with Gasteiger partial charge < -0.3 is 0 Å². The molecule has 27 heavy (non-hydrogen) atoms. The lowest BCUT2D eigenvalue weighted by atomic mass is 10.1. The Balaban J connectivity index is 2.04. The monoisotopic (exact) mass is 462 g/mol. The van der Waals surface area contributed by atoms with Crippen molar-refractivity contribution in [2.45, 2.75) is 20.8 Å². The van der Waals surface area contributed by atoms with Crippen LogP contribution in [0.2, 0.25) is 0 Å². The summed E-state index contributed by atoms with van der Waals surface area (Å²) in [7, 11) is 0. The average Bonchev–Trinajstić information content (AvgIpc) is 2.86. The SMILES string of the molecule is Cc1ccc(N2C(=O)/C(=C/c3cc([N+](=O)[O-])cc(Br)c3C)SC2=S)c(C)c1. The van der Waals surface area contributed by atoms with Crippen LogP contribution in [-0.4, -0.2) is 15.2 Å². The normalized spacial score (nSPS) is 15.7. The molecule has 1 fully saturated rings. The Hall–Kier alpha value is -2.03. The van der Waals surface area contributed by atoms with E-state index in [1.54, 1.807) is 6.08 Å². The second kappa shape index (κ2) is 7.53. The highest BCUT2D eigenvalue weighted by Gasteiger charge is 2.34. The topological polar surface area (TPSA) is 63.5 Å². The smallest absolute Gasteiger partial charge is 0.268 e. The minimum Gasteiger partial charge on any atom is -0.268 e. The van der Waals surface area contributed by atoms with Crippen molar-refractivity contribution >= 4 is 67.6 Å². The van der Waals surface area contributed by atoms with Crippen molar-refractivity contribution < 1.29 is 9.72 Å². The molecule has 0 bridgehead atoms. The van der Waals surface area contributed by atoms with E-state index in [4.69, 9.17) is 12.2 Å². The number of nitrogens with zero attached hydrogens (tertiary/aromatic N) is 2. The van der Waals surface area contributed by atoms with Crippen LogP contribution < -0.4 is 4.90 Å². The quantitative estimate of drug-likeness (QED) is 0.253. The molecule has 2 aromatic rings. The summed E-state index contributed by atoms with van der Waals surface area (Å²) in [6.45, 7) is 5.76. The Morgan fingerprint density at radius 1 is 1.22 bits per heavy atom. The van der Waals surface area contributed by atoms with Gasteiger partial charge in [0.25, 0.3) is 11.6 Å². The zero-order valence-corrected chi connectivity index (χ0v) is 18.0. The maximum atomic E-state index is 13.0. The number of amides is 1. The molecule has 1 aliphatic rings. The molecule has 0 N–H and O–H groups in total. The molecule has 0 atom stereocenters. The molecule has 138 valence electrons. The number of anilines is 1. The van der Waals surface area contributed by atoms with Gasteiger partial charge in [-0.3, -0.25) is 19.8 Å². The number of carbonyl (C=O) groups excluding carboxylic acids is 1. The van der Waals surface area contributed by atoms with Crippen molar-refractivity contribution in [3.05, 3.63) is 72.1 Å². The summed E-state index contributed by atoms with van der Waals surface area (Å²) in [5.74, 6) is -0.223. The van der Waals surface area contributed by atoms with Gasteiger partial charge in [-0.2, -0.15) is 0 Å². The zero-order valence-electron chi connectivity index (χ0n) is 14.8. The molecule has 0 spiro atoms. The van der Waals surface area contributed by atoms with Crippen molar-refractivity contribution in [1.82, 2.24) is 0 Å². The molecular weight excluding hydrogens is 448 g/mol. The Labute approximate surface area is 174 Å². The Morgan fingerprint density at radius 3 is 2.56 bits per heavy atom.